The monoisotopic (exact) mass is 359 g/mol. The van der Waals surface area contributed by atoms with Crippen molar-refractivity contribution >= 4 is 31.7 Å². The zero-order valence-electron chi connectivity index (χ0n) is 10.8. The number of ether oxygens (including phenoxy) is 1. The summed E-state index contributed by atoms with van der Waals surface area (Å²) in [5.41, 5.74) is 1.40. The summed E-state index contributed by atoms with van der Waals surface area (Å²) in [6.07, 6.45) is 1.64. The van der Waals surface area contributed by atoms with Crippen molar-refractivity contribution in [1.82, 2.24) is 5.32 Å². The van der Waals surface area contributed by atoms with Crippen LogP contribution in [-0.2, 0) is 21.1 Å². The highest BCUT2D eigenvalue weighted by atomic mass is 79.9. The first-order valence-corrected chi connectivity index (χ1v) is 8.43. The van der Waals surface area contributed by atoms with E-state index in [0.29, 0.717) is 12.1 Å². The van der Waals surface area contributed by atoms with Crippen molar-refractivity contribution in [3.63, 3.8) is 0 Å². The molecule has 2 rings (SSSR count). The normalized spacial score (nSPS) is 20.0. The van der Waals surface area contributed by atoms with E-state index in [-0.39, 0.29) is 11.8 Å². The number of nitrogens with one attached hydrogen (secondary N) is 1. The fourth-order valence-electron chi connectivity index (χ4n) is 1.88. The quantitative estimate of drug-likeness (QED) is 0.827. The molecule has 0 aliphatic carbocycles. The highest BCUT2D eigenvalue weighted by molar-refractivity contribution is 9.10. The minimum atomic E-state index is -3.05. The molecule has 0 aromatic heterocycles. The van der Waals surface area contributed by atoms with Gasteiger partial charge in [0.05, 0.1) is 18.4 Å². The van der Waals surface area contributed by atoms with Gasteiger partial charge in [0.2, 0.25) is 0 Å². The first kappa shape index (κ1) is 15.2. The van der Waals surface area contributed by atoms with Crippen LogP contribution >= 0.6 is 15.9 Å². The van der Waals surface area contributed by atoms with E-state index in [0.717, 1.165) is 10.0 Å². The lowest BCUT2D eigenvalue weighted by Crippen LogP contribution is -2.29. The summed E-state index contributed by atoms with van der Waals surface area (Å²) < 4.78 is 28.0. The van der Waals surface area contributed by atoms with Gasteiger partial charge in [-0.3, -0.25) is 0 Å². The van der Waals surface area contributed by atoms with E-state index in [9.17, 15) is 13.2 Å². The Kier molecular flexibility index (Phi) is 4.62. The van der Waals surface area contributed by atoms with E-state index in [1.54, 1.807) is 24.3 Å². The minimum Gasteiger partial charge on any atom is -0.465 e. The molecule has 1 heterocycles. The Morgan fingerprint density at radius 2 is 2.25 bits per heavy atom. The summed E-state index contributed by atoms with van der Waals surface area (Å²) in [5.74, 6) is -0.305. The molecule has 1 aliphatic rings. The Bertz CT molecular complexity index is 654. The second-order valence-corrected chi connectivity index (χ2v) is 7.23. The van der Waals surface area contributed by atoms with Gasteiger partial charge in [-0.05, 0) is 17.7 Å². The van der Waals surface area contributed by atoms with Crippen LogP contribution in [0, 0.1) is 0 Å². The van der Waals surface area contributed by atoms with Gasteiger partial charge in [0.25, 0.3) is 0 Å². The van der Waals surface area contributed by atoms with Gasteiger partial charge >= 0.3 is 5.97 Å². The molecule has 0 spiro atoms. The third-order valence-corrected chi connectivity index (χ3v) is 5.09. The number of methoxy groups -OCH3 is 1. The molecule has 7 heteroatoms. The number of carbonyl (C=O) groups excluding carboxylic acids is 1. The van der Waals surface area contributed by atoms with Gasteiger partial charge in [-0.15, -0.1) is 0 Å². The molecule has 0 amide bonds. The molecule has 1 aromatic rings. The summed E-state index contributed by atoms with van der Waals surface area (Å²) in [7, 11) is -1.72. The average Bonchev–Trinajstić information content (AvgIpc) is 2.76. The molecule has 5 nitrogen and oxygen atoms in total. The standard InChI is InChI=1S/C13H14BrNO4S/c1-19-13(16)9-2-3-10(12(14)6-9)7-15-11-4-5-20(17,18)8-11/h2-6,11,15H,7-8H2,1H3. The summed E-state index contributed by atoms with van der Waals surface area (Å²) in [6.45, 7) is 0.507. The van der Waals surface area contributed by atoms with Crippen LogP contribution < -0.4 is 5.32 Å². The maximum atomic E-state index is 11.4. The van der Waals surface area contributed by atoms with Gasteiger partial charge in [0.15, 0.2) is 9.84 Å². The van der Waals surface area contributed by atoms with Crippen LogP contribution in [0.1, 0.15) is 15.9 Å². The van der Waals surface area contributed by atoms with Crippen molar-refractivity contribution in [2.45, 2.75) is 12.6 Å². The second kappa shape index (κ2) is 6.07. The topological polar surface area (TPSA) is 72.5 Å². The molecule has 20 heavy (non-hydrogen) atoms. The smallest absolute Gasteiger partial charge is 0.337 e. The molecule has 1 aliphatic heterocycles. The van der Waals surface area contributed by atoms with Crippen molar-refractivity contribution in [1.29, 1.82) is 0 Å². The van der Waals surface area contributed by atoms with E-state index in [1.165, 1.54) is 12.5 Å². The molecule has 0 saturated carbocycles. The lowest BCUT2D eigenvalue weighted by Gasteiger charge is -2.11. The Morgan fingerprint density at radius 1 is 1.50 bits per heavy atom. The maximum Gasteiger partial charge on any atom is 0.337 e. The molecule has 1 aromatic carbocycles. The molecule has 108 valence electrons. The van der Waals surface area contributed by atoms with Gasteiger partial charge in [0.1, 0.15) is 0 Å². The van der Waals surface area contributed by atoms with Crippen LogP contribution in [0.5, 0.6) is 0 Å². The molecule has 0 radical (unpaired) electrons. The zero-order valence-corrected chi connectivity index (χ0v) is 13.2. The number of carbonyl (C=O) groups is 1. The second-order valence-electron chi connectivity index (χ2n) is 4.44. The predicted molar refractivity (Wildman–Crippen MR) is 79.0 cm³/mol. The van der Waals surface area contributed by atoms with Crippen molar-refractivity contribution in [2.75, 3.05) is 12.9 Å². The molecule has 1 atom stereocenters. The lowest BCUT2D eigenvalue weighted by atomic mass is 10.1. The lowest BCUT2D eigenvalue weighted by molar-refractivity contribution is 0.0600. The third-order valence-electron chi connectivity index (χ3n) is 2.96. The molecule has 1 unspecified atom stereocenters. The summed E-state index contributed by atoms with van der Waals surface area (Å²) in [5, 5.41) is 4.38. The van der Waals surface area contributed by atoms with Gasteiger partial charge in [-0.25, -0.2) is 13.2 Å². The number of hydrogen-bond acceptors (Lipinski definition) is 5. The Balaban J connectivity index is 2.01. The molecular weight excluding hydrogens is 346 g/mol. The number of benzene rings is 1. The molecule has 1 N–H and O–H groups in total. The number of hydrogen-bond donors (Lipinski definition) is 1. The minimum absolute atomic E-state index is 0.0882. The maximum absolute atomic E-state index is 11.4. The molecule has 0 fully saturated rings. The number of sulfone groups is 1. The van der Waals surface area contributed by atoms with Crippen LogP contribution in [0.4, 0.5) is 0 Å². The van der Waals surface area contributed by atoms with Gasteiger partial charge < -0.3 is 10.1 Å². The van der Waals surface area contributed by atoms with Crippen LogP contribution in [0.2, 0.25) is 0 Å². The van der Waals surface area contributed by atoms with E-state index in [4.69, 9.17) is 0 Å². The Hall–Kier alpha value is -1.18. The highest BCUT2D eigenvalue weighted by Gasteiger charge is 2.21. The van der Waals surface area contributed by atoms with Crippen molar-refractivity contribution in [3.8, 4) is 0 Å². The number of esters is 1. The van der Waals surface area contributed by atoms with Gasteiger partial charge in [-0.1, -0.05) is 28.1 Å². The first-order valence-electron chi connectivity index (χ1n) is 5.92. The summed E-state index contributed by atoms with van der Waals surface area (Å²) in [4.78, 5) is 11.4. The summed E-state index contributed by atoms with van der Waals surface area (Å²) >= 11 is 3.39. The molecule has 0 bridgehead atoms. The van der Waals surface area contributed by atoms with Gasteiger partial charge in [0, 0.05) is 22.5 Å². The zero-order chi connectivity index (χ0) is 14.8. The van der Waals surface area contributed by atoms with Crippen molar-refractivity contribution in [2.24, 2.45) is 0 Å². The fraction of sp³-hybridized carbons (Fsp3) is 0.308. The largest absolute Gasteiger partial charge is 0.465 e. The third kappa shape index (κ3) is 3.68. The summed E-state index contributed by atoms with van der Waals surface area (Å²) in [6, 6.07) is 4.99. The Labute approximate surface area is 126 Å². The van der Waals surface area contributed by atoms with Crippen LogP contribution in [0.25, 0.3) is 0 Å². The Morgan fingerprint density at radius 3 is 2.80 bits per heavy atom. The van der Waals surface area contributed by atoms with Crippen molar-refractivity contribution in [3.05, 3.63) is 45.3 Å². The predicted octanol–water partition coefficient (Wildman–Crippen LogP) is 1.64. The van der Waals surface area contributed by atoms with E-state index < -0.39 is 15.8 Å². The fourth-order valence-corrected chi connectivity index (χ4v) is 3.67. The van der Waals surface area contributed by atoms with E-state index in [2.05, 4.69) is 26.0 Å². The van der Waals surface area contributed by atoms with Gasteiger partial charge in [-0.2, -0.15) is 0 Å². The van der Waals surface area contributed by atoms with Crippen molar-refractivity contribution < 1.29 is 17.9 Å². The molecular formula is C13H14BrNO4S. The highest BCUT2D eigenvalue weighted by Crippen LogP contribution is 2.20. The van der Waals surface area contributed by atoms with E-state index >= 15 is 0 Å². The number of halogens is 1. The van der Waals surface area contributed by atoms with Crippen LogP contribution in [0.3, 0.4) is 0 Å². The molecule has 0 saturated heterocycles. The van der Waals surface area contributed by atoms with Crippen LogP contribution in [-0.4, -0.2) is 33.3 Å². The average molecular weight is 360 g/mol. The van der Waals surface area contributed by atoms with E-state index in [1.807, 2.05) is 0 Å². The first-order chi connectivity index (χ1) is 9.41. The van der Waals surface area contributed by atoms with Crippen LogP contribution in [0.15, 0.2) is 34.2 Å². The SMILES string of the molecule is COC(=O)c1ccc(CNC2C=CS(=O)(=O)C2)c(Br)c1. The number of rotatable bonds is 4.